The molecule has 0 saturated heterocycles. The molecule has 1 atom stereocenters. The first kappa shape index (κ1) is 40.0. The Morgan fingerprint density at radius 1 is 0.642 bits per heavy atom. The topological polar surface area (TPSA) is 357 Å². The Morgan fingerprint density at radius 2 is 1.19 bits per heavy atom. The number of rotatable bonds is 12. The van der Waals surface area contributed by atoms with E-state index >= 15 is 0 Å². The molecule has 0 spiro atoms. The van der Waals surface area contributed by atoms with E-state index in [-0.39, 0.29) is 5.01 Å². The summed E-state index contributed by atoms with van der Waals surface area (Å²) in [6.45, 7) is 0. The van der Waals surface area contributed by atoms with Crippen molar-refractivity contribution in [2.75, 3.05) is 10.0 Å². The first-order chi connectivity index (χ1) is 24.3. The zero-order chi connectivity index (χ0) is 39.8. The van der Waals surface area contributed by atoms with Crippen LogP contribution in [0, 0.1) is 5.92 Å². The minimum Gasteiger partial charge on any atom is -0.477 e. The van der Waals surface area contributed by atoms with Crippen LogP contribution in [-0.2, 0) is 59.7 Å². The summed E-state index contributed by atoms with van der Waals surface area (Å²) in [4.78, 5) is 45.4. The molecule has 0 radical (unpaired) electrons. The zero-order valence-corrected chi connectivity index (χ0v) is 28.9. The van der Waals surface area contributed by atoms with Crippen molar-refractivity contribution in [3.05, 3.63) is 84.5 Å². The van der Waals surface area contributed by atoms with Crippen molar-refractivity contribution in [2.24, 2.45) is 16.1 Å². The summed E-state index contributed by atoms with van der Waals surface area (Å²) in [5, 5.41) is 26.9. The molecule has 0 bridgehead atoms. The Bertz CT molecular complexity index is 2570. The molecule has 2 aromatic carbocycles. The van der Waals surface area contributed by atoms with Gasteiger partial charge in [-0.15, -0.1) is 0 Å². The van der Waals surface area contributed by atoms with Crippen LogP contribution in [0.1, 0.15) is 0 Å². The molecule has 280 valence electrons. The van der Waals surface area contributed by atoms with E-state index in [1.54, 1.807) is 0 Å². The molecule has 0 aromatic heterocycles. The fraction of sp³-hybridized carbons (Fsp3) is 0.0370. The first-order valence-electron chi connectivity index (χ1n) is 13.6. The summed E-state index contributed by atoms with van der Waals surface area (Å²) in [5.74, 6) is -7.47. The second kappa shape index (κ2) is 14.4. The molecular weight excluding hydrogens is 797 g/mol. The number of hydrazone groups is 2. The van der Waals surface area contributed by atoms with Gasteiger partial charge in [0.05, 0.1) is 31.6 Å². The Kier molecular flexibility index (Phi) is 10.8. The van der Waals surface area contributed by atoms with Gasteiger partial charge < -0.3 is 10.2 Å². The van der Waals surface area contributed by atoms with Crippen LogP contribution in [0.4, 0.5) is 11.4 Å². The van der Waals surface area contributed by atoms with Crippen LogP contribution in [-0.4, -0.2) is 97.3 Å². The standard InChI is InChI=1S/C27H20N4O18S4/c32-24-18(22(26(34)35)28-30(24)14-10-16(51(41,42)43)12-17(11-14)52(44,45)46)6-4-2-1-3-5-7-19-23(27(36)37)29-31(25(19)33)20-9-8-15(50(38,39)40)13-21(20)53(47,48)49/h1-13,18H,(H,34,35)(H,36,37)(H,38,39,40)(H,41,42,43)(H,44,45,46)(H,47,48,49)/b2-1+,5-3+,6-4+,19-7-. The summed E-state index contributed by atoms with van der Waals surface area (Å²) < 4.78 is 131. The summed E-state index contributed by atoms with van der Waals surface area (Å²) in [5.41, 5.74) is -3.74. The molecule has 0 fully saturated rings. The molecule has 1 unspecified atom stereocenters. The Morgan fingerprint density at radius 3 is 1.70 bits per heavy atom. The van der Waals surface area contributed by atoms with Crippen LogP contribution in [0.3, 0.4) is 0 Å². The van der Waals surface area contributed by atoms with Crippen LogP contribution in [0.2, 0.25) is 0 Å². The predicted octanol–water partition coefficient (Wildman–Crippen LogP) is 0.159. The van der Waals surface area contributed by atoms with Gasteiger partial charge in [0.1, 0.15) is 10.8 Å². The maximum Gasteiger partial charge on any atom is 0.357 e. The fourth-order valence-electron chi connectivity index (χ4n) is 4.42. The SMILES string of the molecule is O=C(O)C1=NN(c2ccc(S(=O)(=O)O)cc2S(=O)(=O)O)C(=O)\C1=C/C=C/C=C/C=C/C1C(=O)N(c2cc(S(=O)(=O)O)cc(S(=O)(=O)O)c2)N=C1C(=O)O. The molecule has 2 aliphatic heterocycles. The van der Waals surface area contributed by atoms with Crippen molar-refractivity contribution in [2.45, 2.75) is 19.6 Å². The summed E-state index contributed by atoms with van der Waals surface area (Å²) in [7, 11) is -20.4. The third-order valence-corrected chi connectivity index (χ3v) is 10.1. The molecule has 4 rings (SSSR count). The van der Waals surface area contributed by atoms with Crippen LogP contribution in [0.15, 0.2) is 114 Å². The Balaban J connectivity index is 1.58. The van der Waals surface area contributed by atoms with Gasteiger partial charge in [0, 0.05) is 0 Å². The molecule has 2 aromatic rings. The van der Waals surface area contributed by atoms with E-state index < -0.39 is 118 Å². The lowest BCUT2D eigenvalue weighted by atomic mass is 10.0. The monoisotopic (exact) mass is 816 g/mol. The number of anilines is 2. The summed E-state index contributed by atoms with van der Waals surface area (Å²) >= 11 is 0. The maximum atomic E-state index is 13.1. The van der Waals surface area contributed by atoms with Crippen molar-refractivity contribution in [1.29, 1.82) is 0 Å². The lowest BCUT2D eigenvalue weighted by Crippen LogP contribution is -2.28. The molecule has 53 heavy (non-hydrogen) atoms. The number of carboxylic acids is 2. The van der Waals surface area contributed by atoms with E-state index in [2.05, 4.69) is 10.2 Å². The molecule has 0 saturated carbocycles. The van der Waals surface area contributed by atoms with E-state index in [0.29, 0.717) is 41.4 Å². The minimum absolute atomic E-state index is 0.255. The molecule has 6 N–H and O–H groups in total. The van der Waals surface area contributed by atoms with Crippen LogP contribution >= 0.6 is 0 Å². The molecule has 2 heterocycles. The number of carboxylic acid groups (broad SMARTS) is 2. The van der Waals surface area contributed by atoms with Crippen molar-refractivity contribution in [3.63, 3.8) is 0 Å². The van der Waals surface area contributed by atoms with Crippen molar-refractivity contribution >= 4 is 87.0 Å². The molecule has 26 heteroatoms. The highest BCUT2D eigenvalue weighted by molar-refractivity contribution is 7.87. The number of amides is 2. The third kappa shape index (κ3) is 8.84. The average molecular weight is 817 g/mol. The molecule has 2 aliphatic rings. The predicted molar refractivity (Wildman–Crippen MR) is 176 cm³/mol. The highest BCUT2D eigenvalue weighted by atomic mass is 32.2. The number of hydrogen-bond donors (Lipinski definition) is 6. The molecule has 22 nitrogen and oxygen atoms in total. The highest BCUT2D eigenvalue weighted by Crippen LogP contribution is 2.33. The van der Waals surface area contributed by atoms with Gasteiger partial charge in [-0.1, -0.05) is 36.5 Å². The molecular formula is C27H20N4O18S4. The number of hydrogen-bond acceptors (Lipinski definition) is 14. The quantitative estimate of drug-likeness (QED) is 0.0943. The summed E-state index contributed by atoms with van der Waals surface area (Å²) in [6, 6.07) is 3.21. The fourth-order valence-corrected chi connectivity index (χ4v) is 6.86. The van der Waals surface area contributed by atoms with Gasteiger partial charge in [0.25, 0.3) is 52.3 Å². The van der Waals surface area contributed by atoms with Crippen molar-refractivity contribution in [1.82, 2.24) is 0 Å². The smallest absolute Gasteiger partial charge is 0.357 e. The van der Waals surface area contributed by atoms with Gasteiger partial charge in [-0.3, -0.25) is 27.8 Å². The number of benzene rings is 2. The number of carbonyl (C=O) groups excluding carboxylic acids is 2. The largest absolute Gasteiger partial charge is 0.477 e. The number of nitrogens with zero attached hydrogens (tertiary/aromatic N) is 4. The van der Waals surface area contributed by atoms with Crippen LogP contribution in [0.5, 0.6) is 0 Å². The Labute approximate surface area is 297 Å². The average Bonchev–Trinajstić information content (AvgIpc) is 3.54. The van der Waals surface area contributed by atoms with Crippen molar-refractivity contribution < 1.29 is 81.3 Å². The normalized spacial score (nSPS) is 18.2. The van der Waals surface area contributed by atoms with E-state index in [1.807, 2.05) is 0 Å². The van der Waals surface area contributed by atoms with Gasteiger partial charge in [0.2, 0.25) is 0 Å². The van der Waals surface area contributed by atoms with E-state index in [4.69, 9.17) is 0 Å². The number of allylic oxidation sites excluding steroid dienone is 6. The maximum absolute atomic E-state index is 13.1. The lowest BCUT2D eigenvalue weighted by molar-refractivity contribution is -0.130. The highest BCUT2D eigenvalue weighted by Gasteiger charge is 2.40. The van der Waals surface area contributed by atoms with E-state index in [9.17, 15) is 81.3 Å². The number of aliphatic carboxylic acids is 2. The van der Waals surface area contributed by atoms with Gasteiger partial charge in [0.15, 0.2) is 11.4 Å². The zero-order valence-electron chi connectivity index (χ0n) is 25.6. The number of carbonyl (C=O) groups is 4. The minimum atomic E-state index is -5.27. The lowest BCUT2D eigenvalue weighted by Gasteiger charge is -2.15. The van der Waals surface area contributed by atoms with Gasteiger partial charge in [-0.05, 0) is 42.5 Å². The van der Waals surface area contributed by atoms with Crippen molar-refractivity contribution in [3.8, 4) is 0 Å². The second-order valence-electron chi connectivity index (χ2n) is 10.2. The third-order valence-electron chi connectivity index (χ3n) is 6.73. The Hall–Kier alpha value is -5.74. The second-order valence-corrected chi connectivity index (χ2v) is 15.9. The summed E-state index contributed by atoms with van der Waals surface area (Å²) in [6.07, 6.45) is 7.83. The molecule has 2 amide bonds. The first-order valence-corrected chi connectivity index (χ1v) is 19.3. The molecule has 0 aliphatic carbocycles. The van der Waals surface area contributed by atoms with Gasteiger partial charge >= 0.3 is 11.9 Å². The van der Waals surface area contributed by atoms with Gasteiger partial charge in [-0.25, -0.2) is 9.59 Å². The van der Waals surface area contributed by atoms with Crippen LogP contribution in [0.25, 0.3) is 0 Å². The van der Waals surface area contributed by atoms with E-state index in [0.717, 1.165) is 24.3 Å². The van der Waals surface area contributed by atoms with E-state index in [1.165, 1.54) is 18.2 Å². The van der Waals surface area contributed by atoms with Crippen LogP contribution < -0.4 is 10.0 Å². The van der Waals surface area contributed by atoms with Gasteiger partial charge in [-0.2, -0.15) is 53.9 Å².